The summed E-state index contributed by atoms with van der Waals surface area (Å²) in [6.07, 6.45) is 2.61. The maximum atomic E-state index is 12.4. The number of para-hydroxylation sites is 1. The van der Waals surface area contributed by atoms with Gasteiger partial charge in [0.15, 0.2) is 0 Å². The highest BCUT2D eigenvalue weighted by Crippen LogP contribution is 2.48. The lowest BCUT2D eigenvalue weighted by atomic mass is 10.0. The molecule has 2 nitrogen and oxygen atoms in total. The predicted octanol–water partition coefficient (Wildman–Crippen LogP) is 4.11. The molecule has 0 spiro atoms. The van der Waals surface area contributed by atoms with Crippen LogP contribution in [-0.2, 0) is 0 Å². The van der Waals surface area contributed by atoms with Gasteiger partial charge in [0.25, 0.3) is 5.76 Å². The van der Waals surface area contributed by atoms with E-state index in [0.717, 1.165) is 18.5 Å². The summed E-state index contributed by atoms with van der Waals surface area (Å²) < 4.78 is 24.8. The van der Waals surface area contributed by atoms with Crippen LogP contribution in [0.1, 0.15) is 19.3 Å². The van der Waals surface area contributed by atoms with E-state index in [1.807, 2.05) is 6.07 Å². The predicted molar refractivity (Wildman–Crippen MR) is 68.7 cm³/mol. The lowest BCUT2D eigenvalue weighted by Gasteiger charge is -2.15. The van der Waals surface area contributed by atoms with Crippen LogP contribution >= 0.6 is 11.8 Å². The van der Waals surface area contributed by atoms with E-state index in [1.54, 1.807) is 18.2 Å². The Hall–Kier alpha value is -1.28. The van der Waals surface area contributed by atoms with Crippen LogP contribution < -0.4 is 5.32 Å². The molecule has 1 saturated carbocycles. The first-order chi connectivity index (χ1) is 8.65. The third-order valence-corrected chi connectivity index (χ3v) is 3.96. The molecule has 1 aliphatic carbocycles. The Morgan fingerprint density at radius 2 is 2.11 bits per heavy atom. The number of thioether (sulfide) groups is 1. The number of benzene rings is 1. The number of nitrogens with zero attached hydrogens (tertiary/aromatic N) is 1. The van der Waals surface area contributed by atoms with E-state index in [9.17, 15) is 8.78 Å². The number of anilines is 1. The molecule has 1 fully saturated rings. The van der Waals surface area contributed by atoms with Gasteiger partial charge in [-0.05, 0) is 25.0 Å². The summed E-state index contributed by atoms with van der Waals surface area (Å²) >= 11 is 0.549. The second-order valence-electron chi connectivity index (χ2n) is 4.56. The van der Waals surface area contributed by atoms with E-state index in [4.69, 9.17) is 5.26 Å². The molecule has 0 aliphatic heterocycles. The van der Waals surface area contributed by atoms with Crippen LogP contribution in [-0.4, -0.2) is 12.3 Å². The Morgan fingerprint density at radius 3 is 2.72 bits per heavy atom. The molecule has 1 aromatic rings. The molecule has 0 unspecified atom stereocenters. The summed E-state index contributed by atoms with van der Waals surface area (Å²) in [6.45, 7) is 0.682. The minimum Gasteiger partial charge on any atom is -0.384 e. The summed E-state index contributed by atoms with van der Waals surface area (Å²) in [7, 11) is 0. The number of rotatable bonds is 6. The quantitative estimate of drug-likeness (QED) is 0.789. The number of halogens is 2. The molecule has 0 amide bonds. The smallest absolute Gasteiger partial charge is 0.288 e. The van der Waals surface area contributed by atoms with Gasteiger partial charge in [-0.25, -0.2) is 0 Å². The van der Waals surface area contributed by atoms with Crippen molar-refractivity contribution in [2.24, 2.45) is 5.41 Å². The van der Waals surface area contributed by atoms with Crippen molar-refractivity contribution in [3.05, 3.63) is 24.3 Å². The van der Waals surface area contributed by atoms with Crippen molar-refractivity contribution >= 4 is 17.4 Å². The monoisotopic (exact) mass is 268 g/mol. The molecule has 0 heterocycles. The summed E-state index contributed by atoms with van der Waals surface area (Å²) in [5, 5.41) is 11.9. The molecule has 0 radical (unpaired) electrons. The van der Waals surface area contributed by atoms with Crippen LogP contribution in [0.3, 0.4) is 0 Å². The van der Waals surface area contributed by atoms with E-state index in [2.05, 4.69) is 11.4 Å². The maximum Gasteiger partial charge on any atom is 0.288 e. The van der Waals surface area contributed by atoms with Crippen molar-refractivity contribution in [1.29, 1.82) is 5.26 Å². The number of alkyl halides is 2. The second-order valence-corrected chi connectivity index (χ2v) is 5.59. The van der Waals surface area contributed by atoms with E-state index in [0.29, 0.717) is 29.6 Å². The highest BCUT2D eigenvalue weighted by molar-refractivity contribution is 7.99. The minimum atomic E-state index is -2.41. The van der Waals surface area contributed by atoms with Gasteiger partial charge in [-0.15, -0.1) is 0 Å². The van der Waals surface area contributed by atoms with Crippen LogP contribution in [0.15, 0.2) is 29.2 Å². The number of nitriles is 1. The molecular weight excluding hydrogens is 254 g/mol. The van der Waals surface area contributed by atoms with E-state index < -0.39 is 5.76 Å². The van der Waals surface area contributed by atoms with Crippen LogP contribution in [0.25, 0.3) is 0 Å². The zero-order chi connectivity index (χ0) is 13.0. The van der Waals surface area contributed by atoms with Crippen molar-refractivity contribution in [3.8, 4) is 6.07 Å². The number of hydrogen-bond acceptors (Lipinski definition) is 3. The molecule has 0 saturated heterocycles. The summed E-state index contributed by atoms with van der Waals surface area (Å²) in [6, 6.07) is 9.24. The van der Waals surface area contributed by atoms with Crippen molar-refractivity contribution in [2.75, 3.05) is 11.9 Å². The standard InChI is InChI=1S/C13H14F2N2S/c14-12(15)18-11-4-2-1-3-10(11)17-9-13(5-6-13)7-8-16/h1-4,12,17H,5-7,9H2. The van der Waals surface area contributed by atoms with Crippen LogP contribution in [0.4, 0.5) is 14.5 Å². The van der Waals surface area contributed by atoms with Gasteiger partial charge < -0.3 is 5.32 Å². The molecule has 0 bridgehead atoms. The molecule has 0 atom stereocenters. The van der Waals surface area contributed by atoms with Crippen LogP contribution in [0, 0.1) is 16.7 Å². The fourth-order valence-electron chi connectivity index (χ4n) is 1.85. The van der Waals surface area contributed by atoms with Gasteiger partial charge in [0, 0.05) is 29.0 Å². The van der Waals surface area contributed by atoms with Gasteiger partial charge in [-0.3, -0.25) is 0 Å². The summed E-state index contributed by atoms with van der Waals surface area (Å²) in [5.41, 5.74) is 0.796. The fourth-order valence-corrected chi connectivity index (χ4v) is 2.47. The molecular formula is C13H14F2N2S. The van der Waals surface area contributed by atoms with E-state index in [-0.39, 0.29) is 5.41 Å². The van der Waals surface area contributed by atoms with Crippen molar-refractivity contribution in [3.63, 3.8) is 0 Å². The van der Waals surface area contributed by atoms with Crippen LogP contribution in [0.2, 0.25) is 0 Å². The molecule has 96 valence electrons. The van der Waals surface area contributed by atoms with Gasteiger partial charge in [-0.2, -0.15) is 14.0 Å². The van der Waals surface area contributed by atoms with Gasteiger partial charge in [-0.1, -0.05) is 23.9 Å². The Bertz CT molecular complexity index is 453. The van der Waals surface area contributed by atoms with Gasteiger partial charge in [0.05, 0.1) is 6.07 Å². The summed E-state index contributed by atoms with van der Waals surface area (Å²) in [5.74, 6) is -2.41. The van der Waals surface area contributed by atoms with E-state index >= 15 is 0 Å². The van der Waals surface area contributed by atoms with Gasteiger partial charge in [0.2, 0.25) is 0 Å². The highest BCUT2D eigenvalue weighted by Gasteiger charge is 2.42. The zero-order valence-corrected chi connectivity index (χ0v) is 10.6. The van der Waals surface area contributed by atoms with Gasteiger partial charge >= 0.3 is 0 Å². The number of nitrogens with one attached hydrogen (secondary N) is 1. The first-order valence-electron chi connectivity index (χ1n) is 5.80. The Balaban J connectivity index is 1.99. The Labute approximate surface area is 109 Å². The lowest BCUT2D eigenvalue weighted by molar-refractivity contribution is 0.252. The molecule has 1 aromatic carbocycles. The van der Waals surface area contributed by atoms with Crippen molar-refractivity contribution in [1.82, 2.24) is 0 Å². The summed E-state index contributed by atoms with van der Waals surface area (Å²) in [4.78, 5) is 0.556. The first kappa shape index (κ1) is 13.2. The molecule has 5 heteroatoms. The largest absolute Gasteiger partial charge is 0.384 e. The molecule has 18 heavy (non-hydrogen) atoms. The molecule has 2 rings (SSSR count). The van der Waals surface area contributed by atoms with Gasteiger partial charge in [0.1, 0.15) is 0 Å². The van der Waals surface area contributed by atoms with Crippen LogP contribution in [0.5, 0.6) is 0 Å². The molecule has 1 N–H and O–H groups in total. The Morgan fingerprint density at radius 1 is 1.39 bits per heavy atom. The Kier molecular flexibility index (Phi) is 4.07. The lowest BCUT2D eigenvalue weighted by Crippen LogP contribution is -2.15. The third-order valence-electron chi connectivity index (χ3n) is 3.17. The zero-order valence-electron chi connectivity index (χ0n) is 9.83. The second kappa shape index (κ2) is 5.57. The average Bonchev–Trinajstić information content (AvgIpc) is 3.08. The fraction of sp³-hybridized carbons (Fsp3) is 0.462. The average molecular weight is 268 g/mol. The first-order valence-corrected chi connectivity index (χ1v) is 6.68. The third kappa shape index (κ3) is 3.36. The van der Waals surface area contributed by atoms with Crippen molar-refractivity contribution in [2.45, 2.75) is 29.9 Å². The molecule has 1 aliphatic rings. The normalized spacial score (nSPS) is 16.3. The SMILES string of the molecule is N#CCC1(CNc2ccccc2SC(F)F)CC1. The highest BCUT2D eigenvalue weighted by atomic mass is 32.2. The molecule has 0 aromatic heterocycles. The topological polar surface area (TPSA) is 35.8 Å². The van der Waals surface area contributed by atoms with Crippen molar-refractivity contribution < 1.29 is 8.78 Å². The number of hydrogen-bond donors (Lipinski definition) is 1. The minimum absolute atomic E-state index is 0.0668. The maximum absolute atomic E-state index is 12.4. The van der Waals surface area contributed by atoms with E-state index in [1.165, 1.54) is 0 Å².